The molecule has 0 aliphatic carbocycles. The molecule has 0 aliphatic rings. The van der Waals surface area contributed by atoms with Gasteiger partial charge in [0, 0.05) is 27.3 Å². The van der Waals surface area contributed by atoms with E-state index in [0.29, 0.717) is 17.5 Å². The van der Waals surface area contributed by atoms with Crippen LogP contribution in [0.1, 0.15) is 0 Å². The molecule has 0 fully saturated rings. The fraction of sp³-hybridized carbons (Fsp3) is 0. The van der Waals surface area contributed by atoms with Gasteiger partial charge < -0.3 is 8.98 Å². The van der Waals surface area contributed by atoms with Crippen LogP contribution in [0.2, 0.25) is 0 Å². The summed E-state index contributed by atoms with van der Waals surface area (Å²) in [5.41, 5.74) is 7.60. The zero-order chi connectivity index (χ0) is 31.6. The Morgan fingerprint density at radius 1 is 0.438 bits per heavy atom. The van der Waals surface area contributed by atoms with Gasteiger partial charge in [-0.25, -0.2) is 15.0 Å². The van der Waals surface area contributed by atoms with Crippen molar-refractivity contribution in [1.82, 2.24) is 19.5 Å². The smallest absolute Gasteiger partial charge is 0.167 e. The lowest BCUT2D eigenvalue weighted by Gasteiger charge is -2.10. The zero-order valence-electron chi connectivity index (χ0n) is 25.7. The Labute approximate surface area is 275 Å². The van der Waals surface area contributed by atoms with E-state index in [1.165, 1.54) is 21.5 Å². The first kappa shape index (κ1) is 26.6. The van der Waals surface area contributed by atoms with Crippen LogP contribution >= 0.6 is 0 Å². The topological polar surface area (TPSA) is 56.7 Å². The molecule has 0 atom stereocenters. The molecule has 0 aliphatic heterocycles. The minimum Gasteiger partial charge on any atom is -0.455 e. The lowest BCUT2D eigenvalue weighted by atomic mass is 10.1. The van der Waals surface area contributed by atoms with Crippen LogP contribution in [0.3, 0.4) is 0 Å². The van der Waals surface area contributed by atoms with E-state index in [1.807, 2.05) is 72.8 Å². The number of fused-ring (bicyclic) bond motifs is 7. The molecule has 0 amide bonds. The second kappa shape index (κ2) is 10.5. The standard InChI is InChI=1S/C43H26N4O/c1-3-13-27(14-4-1)41-44-42(28-15-5-2-6-16-28)46-43(45-41)33-21-11-20-32-39-36(23-12-24-38(39)48-40(32)33)47-35-22-10-9-19-31(35)34-25-29-17-7-8-18-30(29)26-37(34)47/h1-26H. The average Bonchev–Trinajstić information content (AvgIpc) is 3.70. The van der Waals surface area contributed by atoms with Crippen molar-refractivity contribution in [3.8, 4) is 39.9 Å². The van der Waals surface area contributed by atoms with Crippen molar-refractivity contribution in [3.63, 3.8) is 0 Å². The maximum atomic E-state index is 6.75. The molecule has 7 aromatic carbocycles. The van der Waals surface area contributed by atoms with E-state index in [0.717, 1.165) is 55.3 Å². The predicted molar refractivity (Wildman–Crippen MR) is 195 cm³/mol. The van der Waals surface area contributed by atoms with Crippen molar-refractivity contribution >= 4 is 54.5 Å². The molecule has 3 heterocycles. The SMILES string of the molecule is c1ccc(-c2nc(-c3ccccc3)nc(-c3cccc4c3oc3cccc(-n5c6ccccc6c6cc7ccccc7cc65)c34)n2)cc1. The van der Waals surface area contributed by atoms with Crippen LogP contribution in [0.4, 0.5) is 0 Å². The summed E-state index contributed by atoms with van der Waals surface area (Å²) in [6.07, 6.45) is 0. The summed E-state index contributed by atoms with van der Waals surface area (Å²) >= 11 is 0. The van der Waals surface area contributed by atoms with Crippen molar-refractivity contribution in [3.05, 3.63) is 158 Å². The minimum atomic E-state index is 0.567. The molecule has 5 nitrogen and oxygen atoms in total. The van der Waals surface area contributed by atoms with Gasteiger partial charge in [0.1, 0.15) is 11.2 Å². The van der Waals surface area contributed by atoms with Crippen molar-refractivity contribution in [2.24, 2.45) is 0 Å². The average molecular weight is 615 g/mol. The van der Waals surface area contributed by atoms with Gasteiger partial charge in [-0.15, -0.1) is 0 Å². The highest BCUT2D eigenvalue weighted by atomic mass is 16.3. The first-order valence-corrected chi connectivity index (χ1v) is 16.0. The predicted octanol–water partition coefficient (Wildman–Crippen LogP) is 11.0. The van der Waals surface area contributed by atoms with Crippen molar-refractivity contribution < 1.29 is 4.42 Å². The molecular weight excluding hydrogens is 589 g/mol. The van der Waals surface area contributed by atoms with Crippen molar-refractivity contribution in [2.45, 2.75) is 0 Å². The lowest BCUT2D eigenvalue weighted by Crippen LogP contribution is -2.00. The second-order valence-corrected chi connectivity index (χ2v) is 12.0. The molecule has 10 rings (SSSR count). The van der Waals surface area contributed by atoms with E-state index in [-0.39, 0.29) is 0 Å². The monoisotopic (exact) mass is 614 g/mol. The van der Waals surface area contributed by atoms with Gasteiger partial charge in [0.25, 0.3) is 0 Å². The quantitative estimate of drug-likeness (QED) is 0.198. The summed E-state index contributed by atoms with van der Waals surface area (Å²) in [5, 5.41) is 6.93. The van der Waals surface area contributed by atoms with Gasteiger partial charge in [0.15, 0.2) is 17.5 Å². The van der Waals surface area contributed by atoms with Gasteiger partial charge in [0.2, 0.25) is 0 Å². The fourth-order valence-corrected chi connectivity index (χ4v) is 7.04. The summed E-state index contributed by atoms with van der Waals surface area (Å²) < 4.78 is 9.13. The molecule has 5 heteroatoms. The first-order valence-electron chi connectivity index (χ1n) is 16.0. The molecule has 0 spiro atoms. The van der Waals surface area contributed by atoms with Gasteiger partial charge >= 0.3 is 0 Å². The van der Waals surface area contributed by atoms with Gasteiger partial charge in [-0.3, -0.25) is 0 Å². The summed E-state index contributed by atoms with van der Waals surface area (Å²) in [7, 11) is 0. The summed E-state index contributed by atoms with van der Waals surface area (Å²) in [5.74, 6) is 1.80. The molecule has 10 aromatic rings. The molecule has 3 aromatic heterocycles. The molecule has 0 radical (unpaired) electrons. The summed E-state index contributed by atoms with van der Waals surface area (Å²) in [6, 6.07) is 54.4. The van der Waals surface area contributed by atoms with Gasteiger partial charge in [-0.1, -0.05) is 121 Å². The Hall–Kier alpha value is -6.59. The van der Waals surface area contributed by atoms with Crippen LogP contribution in [0.5, 0.6) is 0 Å². The van der Waals surface area contributed by atoms with Crippen LogP contribution < -0.4 is 0 Å². The number of hydrogen-bond acceptors (Lipinski definition) is 4. The van der Waals surface area contributed by atoms with Crippen molar-refractivity contribution in [2.75, 3.05) is 0 Å². The zero-order valence-corrected chi connectivity index (χ0v) is 25.7. The number of benzene rings is 7. The van der Waals surface area contributed by atoms with E-state index in [2.05, 4.69) is 89.5 Å². The van der Waals surface area contributed by atoms with Gasteiger partial charge in [0.05, 0.1) is 27.7 Å². The molecule has 0 bridgehead atoms. The third kappa shape index (κ3) is 4.08. The normalized spacial score (nSPS) is 11.8. The van der Waals surface area contributed by atoms with E-state index in [4.69, 9.17) is 19.4 Å². The highest BCUT2D eigenvalue weighted by molar-refractivity contribution is 6.17. The third-order valence-electron chi connectivity index (χ3n) is 9.22. The fourth-order valence-electron chi connectivity index (χ4n) is 7.04. The maximum absolute atomic E-state index is 6.75. The molecular formula is C43H26N4O. The molecule has 224 valence electrons. The van der Waals surface area contributed by atoms with E-state index >= 15 is 0 Å². The van der Waals surface area contributed by atoms with Gasteiger partial charge in [-0.2, -0.15) is 0 Å². The Balaban J connectivity index is 1.25. The number of para-hydroxylation sites is 2. The largest absolute Gasteiger partial charge is 0.455 e. The molecule has 0 N–H and O–H groups in total. The lowest BCUT2D eigenvalue weighted by molar-refractivity contribution is 0.669. The van der Waals surface area contributed by atoms with E-state index in [9.17, 15) is 0 Å². The number of aromatic nitrogens is 4. The number of hydrogen-bond donors (Lipinski definition) is 0. The van der Waals surface area contributed by atoms with Crippen LogP contribution in [0.15, 0.2) is 162 Å². The Morgan fingerprint density at radius 3 is 1.79 bits per heavy atom. The van der Waals surface area contributed by atoms with Gasteiger partial charge in [-0.05, 0) is 47.2 Å². The van der Waals surface area contributed by atoms with E-state index in [1.54, 1.807) is 0 Å². The van der Waals surface area contributed by atoms with Crippen LogP contribution in [0, 0.1) is 0 Å². The molecule has 0 saturated heterocycles. The Kier molecular flexibility index (Phi) is 5.81. The van der Waals surface area contributed by atoms with Crippen LogP contribution in [-0.4, -0.2) is 19.5 Å². The summed E-state index contributed by atoms with van der Waals surface area (Å²) in [6.45, 7) is 0. The highest BCUT2D eigenvalue weighted by Crippen LogP contribution is 2.42. The number of rotatable bonds is 4. The Morgan fingerprint density at radius 2 is 1.04 bits per heavy atom. The Bertz CT molecular complexity index is 2780. The number of furan rings is 1. The maximum Gasteiger partial charge on any atom is 0.167 e. The molecule has 0 unspecified atom stereocenters. The van der Waals surface area contributed by atoms with Crippen LogP contribution in [-0.2, 0) is 0 Å². The minimum absolute atomic E-state index is 0.567. The van der Waals surface area contributed by atoms with Crippen LogP contribution in [0.25, 0.3) is 94.4 Å². The summed E-state index contributed by atoms with van der Waals surface area (Å²) in [4.78, 5) is 14.9. The highest BCUT2D eigenvalue weighted by Gasteiger charge is 2.21. The first-order chi connectivity index (χ1) is 23.8. The number of nitrogens with zero attached hydrogens (tertiary/aromatic N) is 4. The molecule has 48 heavy (non-hydrogen) atoms. The molecule has 0 saturated carbocycles. The van der Waals surface area contributed by atoms with E-state index < -0.39 is 0 Å². The second-order valence-electron chi connectivity index (χ2n) is 12.0. The third-order valence-corrected chi connectivity index (χ3v) is 9.22. The van der Waals surface area contributed by atoms with Crippen molar-refractivity contribution in [1.29, 1.82) is 0 Å².